The maximum atomic E-state index is 13.0. The summed E-state index contributed by atoms with van der Waals surface area (Å²) >= 11 is 0. The lowest BCUT2D eigenvalue weighted by Gasteiger charge is -2.33. The van der Waals surface area contributed by atoms with Crippen LogP contribution < -0.4 is 5.32 Å². The number of piperidine rings is 1. The third kappa shape index (κ3) is 5.06. The van der Waals surface area contributed by atoms with E-state index in [1.807, 2.05) is 50.2 Å². The van der Waals surface area contributed by atoms with Crippen molar-refractivity contribution in [3.05, 3.63) is 70.8 Å². The molecule has 1 saturated heterocycles. The van der Waals surface area contributed by atoms with Crippen molar-refractivity contribution in [1.29, 1.82) is 0 Å². The Labute approximate surface area is 177 Å². The molecule has 1 aliphatic rings. The Balaban J connectivity index is 1.71. The quantitative estimate of drug-likeness (QED) is 0.771. The zero-order chi connectivity index (χ0) is 21.7. The van der Waals surface area contributed by atoms with Gasteiger partial charge in [0, 0.05) is 18.7 Å². The molecule has 3 rings (SSSR count). The molecule has 2 aromatic carbocycles. The number of rotatable bonds is 5. The molecule has 0 bridgehead atoms. The van der Waals surface area contributed by atoms with Gasteiger partial charge in [-0.25, -0.2) is 4.79 Å². The van der Waals surface area contributed by atoms with Crippen LogP contribution in [0.3, 0.4) is 0 Å². The molecular weight excluding hydrogens is 380 g/mol. The van der Waals surface area contributed by atoms with Gasteiger partial charge < -0.3 is 15.0 Å². The molecule has 158 valence electrons. The van der Waals surface area contributed by atoms with Gasteiger partial charge in [0.25, 0.3) is 5.91 Å². The van der Waals surface area contributed by atoms with E-state index >= 15 is 0 Å². The third-order valence-electron chi connectivity index (χ3n) is 5.40. The predicted octanol–water partition coefficient (Wildman–Crippen LogP) is 3.19. The lowest BCUT2D eigenvalue weighted by molar-refractivity contribution is -0.146. The van der Waals surface area contributed by atoms with Gasteiger partial charge in [0.05, 0.1) is 13.0 Å². The van der Waals surface area contributed by atoms with Crippen LogP contribution in [0.5, 0.6) is 0 Å². The first kappa shape index (κ1) is 21.6. The number of ether oxygens (including phenoxy) is 1. The number of aryl methyl sites for hydroxylation is 2. The summed E-state index contributed by atoms with van der Waals surface area (Å²) in [6.45, 7) is 4.88. The number of carbonyl (C=O) groups excluding carboxylic acids is 3. The maximum absolute atomic E-state index is 13.0. The first-order valence-electron chi connectivity index (χ1n) is 10.2. The molecule has 6 heteroatoms. The molecule has 0 radical (unpaired) electrons. The fourth-order valence-corrected chi connectivity index (χ4v) is 3.96. The highest BCUT2D eigenvalue weighted by Crippen LogP contribution is 2.22. The van der Waals surface area contributed by atoms with Crippen molar-refractivity contribution >= 4 is 17.8 Å². The van der Waals surface area contributed by atoms with Gasteiger partial charge in [-0.15, -0.1) is 0 Å². The van der Waals surface area contributed by atoms with Gasteiger partial charge in [0.15, 0.2) is 6.04 Å². The first-order chi connectivity index (χ1) is 14.4. The number of hydrogen-bond donors (Lipinski definition) is 1. The predicted molar refractivity (Wildman–Crippen MR) is 114 cm³/mol. The second-order valence-electron chi connectivity index (χ2n) is 7.84. The van der Waals surface area contributed by atoms with Gasteiger partial charge in [-0.1, -0.05) is 47.5 Å². The van der Waals surface area contributed by atoms with E-state index in [0.29, 0.717) is 30.6 Å². The summed E-state index contributed by atoms with van der Waals surface area (Å²) < 4.78 is 4.88. The number of likely N-dealkylation sites (tertiary alicyclic amines) is 1. The Morgan fingerprint density at radius 2 is 1.73 bits per heavy atom. The largest absolute Gasteiger partial charge is 0.467 e. The van der Waals surface area contributed by atoms with E-state index in [-0.39, 0.29) is 17.7 Å². The van der Waals surface area contributed by atoms with Crippen molar-refractivity contribution in [3.8, 4) is 0 Å². The van der Waals surface area contributed by atoms with E-state index in [2.05, 4.69) is 5.32 Å². The second-order valence-corrected chi connectivity index (χ2v) is 7.84. The minimum absolute atomic E-state index is 0.0631. The van der Waals surface area contributed by atoms with E-state index in [9.17, 15) is 14.4 Å². The number of hydrogen-bond acceptors (Lipinski definition) is 4. The van der Waals surface area contributed by atoms with Crippen molar-refractivity contribution in [2.24, 2.45) is 5.92 Å². The van der Waals surface area contributed by atoms with Crippen LogP contribution in [-0.2, 0) is 14.3 Å². The molecule has 1 N–H and O–H groups in total. The average molecular weight is 408 g/mol. The fraction of sp³-hybridized carbons (Fsp3) is 0.375. The third-order valence-corrected chi connectivity index (χ3v) is 5.40. The molecular formula is C24H28N2O4. The molecule has 30 heavy (non-hydrogen) atoms. The van der Waals surface area contributed by atoms with Crippen LogP contribution in [0.4, 0.5) is 0 Å². The van der Waals surface area contributed by atoms with Gasteiger partial charge in [-0.3, -0.25) is 9.59 Å². The second kappa shape index (κ2) is 9.57. The van der Waals surface area contributed by atoms with E-state index in [4.69, 9.17) is 4.74 Å². The Kier molecular flexibility index (Phi) is 6.87. The van der Waals surface area contributed by atoms with Gasteiger partial charge in [0.2, 0.25) is 5.91 Å². The van der Waals surface area contributed by atoms with Crippen molar-refractivity contribution in [2.75, 3.05) is 20.2 Å². The SMILES string of the molecule is COC(=O)C(NC(=O)C1CCCN(C(=O)c2cc(C)cc(C)c2)C1)c1ccccc1. The summed E-state index contributed by atoms with van der Waals surface area (Å²) in [5.41, 5.74) is 3.38. The minimum atomic E-state index is -0.866. The van der Waals surface area contributed by atoms with E-state index < -0.39 is 12.0 Å². The Hall–Kier alpha value is -3.15. The topological polar surface area (TPSA) is 75.7 Å². The number of nitrogens with one attached hydrogen (secondary N) is 1. The van der Waals surface area contributed by atoms with Crippen molar-refractivity contribution in [1.82, 2.24) is 10.2 Å². The highest BCUT2D eigenvalue weighted by Gasteiger charge is 2.32. The summed E-state index contributed by atoms with van der Waals surface area (Å²) in [4.78, 5) is 39.9. The lowest BCUT2D eigenvalue weighted by atomic mass is 9.95. The molecule has 0 spiro atoms. The van der Waals surface area contributed by atoms with E-state index in [0.717, 1.165) is 17.5 Å². The number of nitrogens with zero attached hydrogens (tertiary/aromatic N) is 1. The highest BCUT2D eigenvalue weighted by atomic mass is 16.5. The molecule has 2 unspecified atom stereocenters. The molecule has 0 aliphatic carbocycles. The number of esters is 1. The molecule has 1 aliphatic heterocycles. The summed E-state index contributed by atoms with van der Waals surface area (Å²) in [5, 5.41) is 2.82. The molecule has 2 atom stereocenters. The Bertz CT molecular complexity index is 906. The van der Waals surface area contributed by atoms with E-state index in [1.54, 1.807) is 17.0 Å². The Morgan fingerprint density at radius 1 is 1.07 bits per heavy atom. The number of carbonyl (C=O) groups is 3. The highest BCUT2D eigenvalue weighted by molar-refractivity contribution is 5.95. The summed E-state index contributed by atoms with van der Waals surface area (Å²) in [6, 6.07) is 13.9. The van der Waals surface area contributed by atoms with Crippen LogP contribution in [0, 0.1) is 19.8 Å². The summed E-state index contributed by atoms with van der Waals surface area (Å²) in [5.74, 6) is -1.20. The van der Waals surface area contributed by atoms with Crippen LogP contribution in [-0.4, -0.2) is 42.9 Å². The molecule has 2 amide bonds. The Morgan fingerprint density at radius 3 is 2.37 bits per heavy atom. The molecule has 1 heterocycles. The standard InChI is InChI=1S/C24H28N2O4/c1-16-12-17(2)14-20(13-16)23(28)26-11-7-10-19(15-26)22(27)25-21(24(29)30-3)18-8-5-4-6-9-18/h4-6,8-9,12-14,19,21H,7,10-11,15H2,1-3H3,(H,25,27). The molecule has 2 aromatic rings. The summed E-state index contributed by atoms with van der Waals surface area (Å²) in [6.07, 6.45) is 1.41. The monoisotopic (exact) mass is 408 g/mol. The van der Waals surface area contributed by atoms with Gasteiger partial charge in [0.1, 0.15) is 0 Å². The normalized spacial score (nSPS) is 17.2. The zero-order valence-corrected chi connectivity index (χ0v) is 17.7. The number of benzene rings is 2. The van der Waals surface area contributed by atoms with Crippen molar-refractivity contribution in [3.63, 3.8) is 0 Å². The smallest absolute Gasteiger partial charge is 0.333 e. The van der Waals surface area contributed by atoms with E-state index in [1.165, 1.54) is 7.11 Å². The molecule has 1 fully saturated rings. The van der Waals surface area contributed by atoms with Crippen LogP contribution in [0.15, 0.2) is 48.5 Å². The van der Waals surface area contributed by atoms with Crippen LogP contribution in [0.25, 0.3) is 0 Å². The maximum Gasteiger partial charge on any atom is 0.333 e. The summed E-state index contributed by atoms with van der Waals surface area (Å²) in [7, 11) is 1.30. The lowest BCUT2D eigenvalue weighted by Crippen LogP contribution is -2.47. The number of amides is 2. The van der Waals surface area contributed by atoms with Gasteiger partial charge in [-0.05, 0) is 44.4 Å². The molecule has 6 nitrogen and oxygen atoms in total. The van der Waals surface area contributed by atoms with Crippen LogP contribution in [0.2, 0.25) is 0 Å². The van der Waals surface area contributed by atoms with Crippen LogP contribution in [0.1, 0.15) is 45.9 Å². The fourth-order valence-electron chi connectivity index (χ4n) is 3.96. The number of methoxy groups -OCH3 is 1. The van der Waals surface area contributed by atoms with Crippen molar-refractivity contribution < 1.29 is 19.1 Å². The van der Waals surface area contributed by atoms with Crippen molar-refractivity contribution in [2.45, 2.75) is 32.7 Å². The zero-order valence-electron chi connectivity index (χ0n) is 17.7. The molecule has 0 saturated carbocycles. The van der Waals surface area contributed by atoms with Gasteiger partial charge in [-0.2, -0.15) is 0 Å². The minimum Gasteiger partial charge on any atom is -0.467 e. The average Bonchev–Trinajstić information content (AvgIpc) is 2.76. The van der Waals surface area contributed by atoms with Gasteiger partial charge >= 0.3 is 5.97 Å². The first-order valence-corrected chi connectivity index (χ1v) is 10.2. The van der Waals surface area contributed by atoms with Crippen LogP contribution >= 0.6 is 0 Å². The molecule has 0 aromatic heterocycles.